The van der Waals surface area contributed by atoms with Crippen molar-refractivity contribution in [1.82, 2.24) is 10.2 Å². The van der Waals surface area contributed by atoms with Crippen molar-refractivity contribution < 1.29 is 14.2 Å². The highest BCUT2D eigenvalue weighted by Crippen LogP contribution is 2.32. The van der Waals surface area contributed by atoms with Crippen LogP contribution in [0, 0.1) is 0 Å². The topological polar surface area (TPSA) is 43.0 Å². The lowest BCUT2D eigenvalue weighted by Crippen LogP contribution is -2.44. The molecule has 1 fully saturated rings. The molecule has 110 valence electrons. The number of nitrogens with zero attached hydrogens (tertiary/aromatic N) is 1. The molecule has 2 aliphatic heterocycles. The minimum absolute atomic E-state index is 0.344. The highest BCUT2D eigenvalue weighted by molar-refractivity contribution is 5.47. The Kier molecular flexibility index (Phi) is 4.40. The van der Waals surface area contributed by atoms with E-state index in [2.05, 4.69) is 16.3 Å². The van der Waals surface area contributed by atoms with E-state index in [4.69, 9.17) is 14.2 Å². The molecule has 1 aromatic rings. The van der Waals surface area contributed by atoms with Crippen LogP contribution in [0.2, 0.25) is 0 Å². The summed E-state index contributed by atoms with van der Waals surface area (Å²) in [6.07, 6.45) is 0.987. The maximum atomic E-state index is 5.55. The van der Waals surface area contributed by atoms with Gasteiger partial charge in [-0.1, -0.05) is 0 Å². The van der Waals surface area contributed by atoms with E-state index >= 15 is 0 Å². The lowest BCUT2D eigenvalue weighted by molar-refractivity contribution is -0.0165. The number of rotatable bonds is 4. The van der Waals surface area contributed by atoms with Crippen LogP contribution in [0.5, 0.6) is 11.5 Å². The summed E-state index contributed by atoms with van der Waals surface area (Å²) in [4.78, 5) is 2.49. The Morgan fingerprint density at radius 3 is 2.95 bits per heavy atom. The Morgan fingerprint density at radius 1 is 1.30 bits per heavy atom. The van der Waals surface area contributed by atoms with Crippen LogP contribution in [0.25, 0.3) is 0 Å². The van der Waals surface area contributed by atoms with E-state index in [1.165, 1.54) is 5.56 Å². The van der Waals surface area contributed by atoms with Crippen molar-refractivity contribution in [3.8, 4) is 11.5 Å². The summed E-state index contributed by atoms with van der Waals surface area (Å²) < 4.78 is 16.4. The van der Waals surface area contributed by atoms with E-state index in [-0.39, 0.29) is 0 Å². The molecule has 3 rings (SSSR count). The molecule has 0 amide bonds. The van der Waals surface area contributed by atoms with Crippen LogP contribution in [-0.4, -0.2) is 51.5 Å². The maximum absolute atomic E-state index is 5.55. The van der Waals surface area contributed by atoms with Crippen molar-refractivity contribution in [3.63, 3.8) is 0 Å². The van der Waals surface area contributed by atoms with Crippen molar-refractivity contribution in [2.45, 2.75) is 13.0 Å². The Morgan fingerprint density at radius 2 is 2.15 bits per heavy atom. The van der Waals surface area contributed by atoms with Crippen LogP contribution in [0.15, 0.2) is 12.1 Å². The number of fused-ring (bicyclic) bond motifs is 1. The summed E-state index contributed by atoms with van der Waals surface area (Å²) in [5, 5.41) is 3.38. The van der Waals surface area contributed by atoms with E-state index in [1.54, 1.807) is 7.11 Å². The van der Waals surface area contributed by atoms with Gasteiger partial charge in [0, 0.05) is 38.3 Å². The van der Waals surface area contributed by atoms with E-state index in [0.717, 1.165) is 56.2 Å². The minimum Gasteiger partial charge on any atom is -0.496 e. The number of nitrogens with one attached hydrogen (secondary N) is 1. The molecule has 0 aliphatic carbocycles. The third-order valence-corrected chi connectivity index (χ3v) is 3.93. The van der Waals surface area contributed by atoms with Crippen LogP contribution in [0.1, 0.15) is 11.1 Å². The van der Waals surface area contributed by atoms with Crippen molar-refractivity contribution in [3.05, 3.63) is 23.3 Å². The number of piperazine rings is 1. The van der Waals surface area contributed by atoms with Crippen LogP contribution in [0.4, 0.5) is 0 Å². The van der Waals surface area contributed by atoms with Crippen molar-refractivity contribution in [1.29, 1.82) is 0 Å². The van der Waals surface area contributed by atoms with E-state index in [0.29, 0.717) is 13.4 Å². The predicted molar refractivity (Wildman–Crippen MR) is 76.3 cm³/mol. The van der Waals surface area contributed by atoms with Gasteiger partial charge in [0.1, 0.15) is 11.5 Å². The molecule has 0 unspecified atom stereocenters. The van der Waals surface area contributed by atoms with Crippen LogP contribution in [-0.2, 0) is 17.8 Å². The van der Waals surface area contributed by atoms with Gasteiger partial charge in [-0.15, -0.1) is 0 Å². The largest absolute Gasteiger partial charge is 0.496 e. The summed E-state index contributed by atoms with van der Waals surface area (Å²) in [7, 11) is 1.72. The van der Waals surface area contributed by atoms with Crippen LogP contribution < -0.4 is 14.8 Å². The fourth-order valence-corrected chi connectivity index (χ4v) is 2.75. The number of hydrogen-bond acceptors (Lipinski definition) is 5. The van der Waals surface area contributed by atoms with E-state index < -0.39 is 0 Å². The van der Waals surface area contributed by atoms with Gasteiger partial charge in [-0.3, -0.25) is 0 Å². The third-order valence-electron chi connectivity index (χ3n) is 3.93. The molecule has 1 saturated heterocycles. The Bertz CT molecular complexity index is 459. The molecule has 2 aliphatic rings. The first-order valence-electron chi connectivity index (χ1n) is 7.20. The first kappa shape index (κ1) is 13.7. The zero-order valence-electron chi connectivity index (χ0n) is 12.0. The molecule has 5 nitrogen and oxygen atoms in total. The van der Waals surface area contributed by atoms with Crippen LogP contribution >= 0.6 is 0 Å². The molecule has 1 aromatic carbocycles. The Labute approximate surface area is 119 Å². The quantitative estimate of drug-likeness (QED) is 0.890. The van der Waals surface area contributed by atoms with E-state index in [9.17, 15) is 0 Å². The molecule has 5 heteroatoms. The monoisotopic (exact) mass is 278 g/mol. The molecule has 2 heterocycles. The smallest absolute Gasteiger partial charge is 0.189 e. The van der Waals surface area contributed by atoms with Crippen molar-refractivity contribution >= 4 is 0 Å². The molecule has 0 atom stereocenters. The zero-order chi connectivity index (χ0) is 13.8. The molecule has 20 heavy (non-hydrogen) atoms. The maximum Gasteiger partial charge on any atom is 0.189 e. The average molecular weight is 278 g/mol. The number of hydrogen-bond donors (Lipinski definition) is 1. The molecule has 0 bridgehead atoms. The van der Waals surface area contributed by atoms with Gasteiger partial charge in [0.2, 0.25) is 0 Å². The summed E-state index contributed by atoms with van der Waals surface area (Å²) in [6.45, 7) is 6.42. The Hall–Kier alpha value is -1.30. The molecule has 0 saturated carbocycles. The number of ether oxygens (including phenoxy) is 3. The van der Waals surface area contributed by atoms with Gasteiger partial charge in [0.25, 0.3) is 0 Å². The van der Waals surface area contributed by atoms with Crippen molar-refractivity contribution in [2.24, 2.45) is 0 Å². The van der Waals surface area contributed by atoms with Gasteiger partial charge < -0.3 is 24.4 Å². The second-order valence-electron chi connectivity index (χ2n) is 5.22. The number of methoxy groups -OCH3 is 1. The summed E-state index contributed by atoms with van der Waals surface area (Å²) >= 11 is 0. The molecular formula is C15H22N2O3. The minimum atomic E-state index is 0.344. The van der Waals surface area contributed by atoms with Crippen LogP contribution in [0.3, 0.4) is 0 Å². The summed E-state index contributed by atoms with van der Waals surface area (Å²) in [5.74, 6) is 1.88. The second-order valence-corrected chi connectivity index (χ2v) is 5.22. The second kappa shape index (κ2) is 6.43. The van der Waals surface area contributed by atoms with E-state index in [1.807, 2.05) is 6.07 Å². The van der Waals surface area contributed by atoms with Gasteiger partial charge in [-0.2, -0.15) is 0 Å². The normalized spacial score (nSPS) is 19.2. The zero-order valence-corrected chi connectivity index (χ0v) is 12.0. The van der Waals surface area contributed by atoms with Gasteiger partial charge in [0.05, 0.1) is 13.7 Å². The van der Waals surface area contributed by atoms with Gasteiger partial charge in [-0.25, -0.2) is 0 Å². The first-order valence-corrected chi connectivity index (χ1v) is 7.20. The first-order chi connectivity index (χ1) is 9.86. The Balaban J connectivity index is 1.70. The third kappa shape index (κ3) is 3.06. The fourth-order valence-electron chi connectivity index (χ4n) is 2.75. The SMILES string of the molecule is COc1cc2c(cc1CCN1CCNCC1)OCOC2. The lowest BCUT2D eigenvalue weighted by atomic mass is 10.1. The average Bonchev–Trinajstić information content (AvgIpc) is 2.53. The van der Waals surface area contributed by atoms with Gasteiger partial charge in [-0.05, 0) is 24.1 Å². The summed E-state index contributed by atoms with van der Waals surface area (Å²) in [6, 6.07) is 4.15. The van der Waals surface area contributed by atoms with Gasteiger partial charge in [0.15, 0.2) is 6.79 Å². The highest BCUT2D eigenvalue weighted by atomic mass is 16.7. The standard InChI is InChI=1S/C15H22N2O3/c1-18-14-9-13-10-19-11-20-15(13)8-12(14)2-5-17-6-3-16-4-7-17/h8-9,16H,2-7,10-11H2,1H3. The fraction of sp³-hybridized carbons (Fsp3) is 0.600. The molecule has 1 N–H and O–H groups in total. The highest BCUT2D eigenvalue weighted by Gasteiger charge is 2.16. The molecule has 0 radical (unpaired) electrons. The summed E-state index contributed by atoms with van der Waals surface area (Å²) in [5.41, 5.74) is 2.28. The van der Waals surface area contributed by atoms with Crippen molar-refractivity contribution in [2.75, 3.05) is 46.6 Å². The molecule has 0 aromatic heterocycles. The number of benzene rings is 1. The van der Waals surface area contributed by atoms with Gasteiger partial charge >= 0.3 is 0 Å². The predicted octanol–water partition coefficient (Wildman–Crippen LogP) is 1.01. The molecular weight excluding hydrogens is 256 g/mol. The molecule has 0 spiro atoms. The lowest BCUT2D eigenvalue weighted by Gasteiger charge is -2.27.